The third kappa shape index (κ3) is 1.42. The number of hydrogen-bond donors (Lipinski definition) is 0. The summed E-state index contributed by atoms with van der Waals surface area (Å²) in [6.45, 7) is 0. The molecule has 1 aliphatic rings. The highest BCUT2D eigenvalue weighted by atomic mass is 16.1. The number of carbonyl (C=O) groups is 1. The molecule has 0 atom stereocenters. The third-order valence-electron chi connectivity index (χ3n) is 3.74. The predicted molar refractivity (Wildman–Crippen MR) is 67.9 cm³/mol. The van der Waals surface area contributed by atoms with Gasteiger partial charge in [-0.05, 0) is 17.5 Å². The minimum absolute atomic E-state index is 0.343. The first-order chi connectivity index (χ1) is 8.34. The van der Waals surface area contributed by atoms with E-state index in [0.717, 1.165) is 17.5 Å². The number of carbonyl (C=O) groups excluding carboxylic acids is 1. The average Bonchev–Trinajstić information content (AvgIpc) is 2.40. The molecular weight excluding hydrogens is 208 g/mol. The summed E-state index contributed by atoms with van der Waals surface area (Å²) in [5.74, 6) is 0.343. The molecule has 0 saturated heterocycles. The molecule has 84 valence electrons. The number of hydrogen-bond acceptors (Lipinski definition) is 1. The third-order valence-corrected chi connectivity index (χ3v) is 3.74. The van der Waals surface area contributed by atoms with Gasteiger partial charge in [-0.3, -0.25) is 4.79 Å². The second-order valence-electron chi connectivity index (χ2n) is 4.56. The van der Waals surface area contributed by atoms with Gasteiger partial charge in [-0.2, -0.15) is 0 Å². The number of Topliss-reactive ketones (excluding diaryl/α,β-unsaturated/α-hetero) is 1. The van der Waals surface area contributed by atoms with Crippen LogP contribution in [0.2, 0.25) is 0 Å². The maximum Gasteiger partial charge on any atom is 0.147 e. The van der Waals surface area contributed by atoms with Crippen molar-refractivity contribution in [3.63, 3.8) is 0 Å². The van der Waals surface area contributed by atoms with E-state index >= 15 is 0 Å². The van der Waals surface area contributed by atoms with Crippen LogP contribution in [-0.2, 0) is 10.2 Å². The van der Waals surface area contributed by atoms with Gasteiger partial charge >= 0.3 is 0 Å². The average molecular weight is 222 g/mol. The van der Waals surface area contributed by atoms with Crippen molar-refractivity contribution in [3.05, 3.63) is 71.8 Å². The normalized spacial score (nSPS) is 17.5. The summed E-state index contributed by atoms with van der Waals surface area (Å²) in [5.41, 5.74) is 1.88. The standard InChI is InChI=1S/C16H14O/c17-15-11-12-16(15,13-7-3-1-4-8-13)14-9-5-2-6-10-14/h1-10H,11-12H2. The highest BCUT2D eigenvalue weighted by Crippen LogP contribution is 2.45. The molecule has 1 saturated carbocycles. The predicted octanol–water partition coefficient (Wildman–Crippen LogP) is 3.34. The molecule has 1 aliphatic carbocycles. The molecule has 0 bridgehead atoms. The van der Waals surface area contributed by atoms with Crippen molar-refractivity contribution >= 4 is 5.78 Å². The van der Waals surface area contributed by atoms with Gasteiger partial charge in [0.15, 0.2) is 0 Å². The summed E-state index contributed by atoms with van der Waals surface area (Å²) in [6, 6.07) is 20.2. The summed E-state index contributed by atoms with van der Waals surface area (Å²) in [4.78, 5) is 12.2. The number of ketones is 1. The Kier molecular flexibility index (Phi) is 2.32. The van der Waals surface area contributed by atoms with Crippen molar-refractivity contribution in [2.24, 2.45) is 0 Å². The first-order valence-electron chi connectivity index (χ1n) is 5.98. The Morgan fingerprint density at radius 1 is 0.765 bits per heavy atom. The van der Waals surface area contributed by atoms with Crippen molar-refractivity contribution in [1.29, 1.82) is 0 Å². The summed E-state index contributed by atoms with van der Waals surface area (Å²) >= 11 is 0. The highest BCUT2D eigenvalue weighted by molar-refractivity contribution is 5.99. The molecule has 1 fully saturated rings. The lowest BCUT2D eigenvalue weighted by Gasteiger charge is -2.41. The molecule has 0 unspecified atom stereocenters. The Bertz CT molecular complexity index is 488. The molecule has 1 heteroatoms. The van der Waals surface area contributed by atoms with Gasteiger partial charge in [0.05, 0.1) is 5.41 Å². The van der Waals surface area contributed by atoms with E-state index in [1.54, 1.807) is 0 Å². The Morgan fingerprint density at radius 3 is 1.53 bits per heavy atom. The first kappa shape index (κ1) is 10.3. The first-order valence-corrected chi connectivity index (χ1v) is 5.98. The van der Waals surface area contributed by atoms with Crippen molar-refractivity contribution in [2.75, 3.05) is 0 Å². The van der Waals surface area contributed by atoms with E-state index in [2.05, 4.69) is 24.3 Å². The SMILES string of the molecule is O=C1CCC1(c1ccccc1)c1ccccc1. The molecule has 0 aliphatic heterocycles. The van der Waals surface area contributed by atoms with E-state index in [-0.39, 0.29) is 5.41 Å². The van der Waals surface area contributed by atoms with Crippen LogP contribution in [0.5, 0.6) is 0 Å². The zero-order valence-corrected chi connectivity index (χ0v) is 9.60. The van der Waals surface area contributed by atoms with Gasteiger partial charge in [-0.25, -0.2) is 0 Å². The van der Waals surface area contributed by atoms with E-state index in [9.17, 15) is 4.79 Å². The maximum absolute atomic E-state index is 12.2. The van der Waals surface area contributed by atoms with Crippen LogP contribution in [0.1, 0.15) is 24.0 Å². The van der Waals surface area contributed by atoms with Crippen LogP contribution in [0.25, 0.3) is 0 Å². The molecule has 3 rings (SSSR count). The molecule has 2 aromatic carbocycles. The molecule has 0 radical (unpaired) electrons. The Labute approximate surface area is 101 Å². The van der Waals surface area contributed by atoms with E-state index in [1.165, 1.54) is 0 Å². The van der Waals surface area contributed by atoms with Crippen LogP contribution in [-0.4, -0.2) is 5.78 Å². The van der Waals surface area contributed by atoms with Crippen LogP contribution in [0.15, 0.2) is 60.7 Å². The summed E-state index contributed by atoms with van der Waals surface area (Å²) in [5, 5.41) is 0. The maximum atomic E-state index is 12.2. The molecule has 0 amide bonds. The monoisotopic (exact) mass is 222 g/mol. The van der Waals surface area contributed by atoms with Crippen LogP contribution in [0.4, 0.5) is 0 Å². The lowest BCUT2D eigenvalue weighted by Crippen LogP contribution is -2.45. The molecule has 2 aromatic rings. The van der Waals surface area contributed by atoms with Gasteiger partial charge in [0, 0.05) is 6.42 Å². The quantitative estimate of drug-likeness (QED) is 0.761. The molecular formula is C16H14O. The Balaban J connectivity index is 2.16. The van der Waals surface area contributed by atoms with Gasteiger partial charge in [-0.1, -0.05) is 60.7 Å². The van der Waals surface area contributed by atoms with Gasteiger partial charge in [-0.15, -0.1) is 0 Å². The number of benzene rings is 2. The van der Waals surface area contributed by atoms with Gasteiger partial charge < -0.3 is 0 Å². The largest absolute Gasteiger partial charge is 0.298 e. The van der Waals surface area contributed by atoms with Gasteiger partial charge in [0.25, 0.3) is 0 Å². The summed E-state index contributed by atoms with van der Waals surface area (Å²) < 4.78 is 0. The zero-order chi connectivity index (χ0) is 11.7. The minimum Gasteiger partial charge on any atom is -0.298 e. The second-order valence-corrected chi connectivity index (χ2v) is 4.56. The molecule has 0 N–H and O–H groups in total. The van der Waals surface area contributed by atoms with Crippen LogP contribution >= 0.6 is 0 Å². The molecule has 1 nitrogen and oxygen atoms in total. The van der Waals surface area contributed by atoms with Crippen LogP contribution in [0.3, 0.4) is 0 Å². The Morgan fingerprint density at radius 2 is 1.24 bits per heavy atom. The van der Waals surface area contributed by atoms with E-state index in [4.69, 9.17) is 0 Å². The highest BCUT2D eigenvalue weighted by Gasteiger charge is 2.48. The van der Waals surface area contributed by atoms with E-state index < -0.39 is 0 Å². The molecule has 0 heterocycles. The van der Waals surface area contributed by atoms with Gasteiger partial charge in [0.2, 0.25) is 0 Å². The second kappa shape index (κ2) is 3.85. The zero-order valence-electron chi connectivity index (χ0n) is 9.60. The van der Waals surface area contributed by atoms with Crippen molar-refractivity contribution in [1.82, 2.24) is 0 Å². The molecule has 17 heavy (non-hydrogen) atoms. The molecule has 0 aromatic heterocycles. The van der Waals surface area contributed by atoms with Crippen molar-refractivity contribution in [2.45, 2.75) is 18.3 Å². The van der Waals surface area contributed by atoms with Crippen molar-refractivity contribution in [3.8, 4) is 0 Å². The van der Waals surface area contributed by atoms with Crippen molar-refractivity contribution < 1.29 is 4.79 Å². The topological polar surface area (TPSA) is 17.1 Å². The fourth-order valence-corrected chi connectivity index (χ4v) is 2.70. The van der Waals surface area contributed by atoms with E-state index in [1.807, 2.05) is 36.4 Å². The fraction of sp³-hybridized carbons (Fsp3) is 0.188. The molecule has 0 spiro atoms. The fourth-order valence-electron chi connectivity index (χ4n) is 2.70. The van der Waals surface area contributed by atoms with E-state index in [0.29, 0.717) is 12.2 Å². The summed E-state index contributed by atoms with van der Waals surface area (Å²) in [7, 11) is 0. The van der Waals surface area contributed by atoms with Crippen LogP contribution in [0, 0.1) is 0 Å². The smallest absolute Gasteiger partial charge is 0.147 e. The lowest BCUT2D eigenvalue weighted by atomic mass is 9.59. The Hall–Kier alpha value is -1.89. The summed E-state index contributed by atoms with van der Waals surface area (Å²) in [6.07, 6.45) is 1.63. The van der Waals surface area contributed by atoms with Gasteiger partial charge in [0.1, 0.15) is 5.78 Å². The minimum atomic E-state index is -0.372. The number of rotatable bonds is 2. The van der Waals surface area contributed by atoms with Crippen LogP contribution < -0.4 is 0 Å². The lowest BCUT2D eigenvalue weighted by molar-refractivity contribution is -0.129.